The van der Waals surface area contributed by atoms with Gasteiger partial charge in [0.1, 0.15) is 5.25 Å². The molecule has 6 nitrogen and oxygen atoms in total. The van der Waals surface area contributed by atoms with Gasteiger partial charge in [-0.05, 0) is 38.5 Å². The number of likely N-dealkylation sites (tertiary alicyclic amines) is 1. The van der Waals surface area contributed by atoms with Crippen molar-refractivity contribution in [3.63, 3.8) is 0 Å². The molecule has 0 aromatic rings. The highest BCUT2D eigenvalue weighted by Crippen LogP contribution is 2.25. The van der Waals surface area contributed by atoms with Crippen LogP contribution in [0.1, 0.15) is 44.9 Å². The Morgan fingerprint density at radius 2 is 1.96 bits per heavy atom. The van der Waals surface area contributed by atoms with Crippen molar-refractivity contribution < 1.29 is 19.8 Å². The molecule has 1 aliphatic carbocycles. The van der Waals surface area contributed by atoms with Crippen molar-refractivity contribution in [3.8, 4) is 0 Å². The number of carboxylic acid groups (broad SMARTS) is 2. The smallest absolute Gasteiger partial charge is 0.317 e. The van der Waals surface area contributed by atoms with Crippen molar-refractivity contribution in [3.05, 3.63) is 12.2 Å². The zero-order valence-corrected chi connectivity index (χ0v) is 14.0. The SMILES string of the molecule is O=C(O)CC(SC(=NC1C=CCCC1)N1CCCCC1)C(=O)O. The van der Waals surface area contributed by atoms with E-state index in [0.29, 0.717) is 5.17 Å². The summed E-state index contributed by atoms with van der Waals surface area (Å²) >= 11 is 1.09. The Hall–Kier alpha value is -1.50. The summed E-state index contributed by atoms with van der Waals surface area (Å²) in [6.07, 6.45) is 10.2. The van der Waals surface area contributed by atoms with Crippen LogP contribution in [-0.2, 0) is 9.59 Å². The molecule has 0 amide bonds. The number of hydrogen-bond acceptors (Lipinski definition) is 4. The number of carbonyl (C=O) groups is 2. The van der Waals surface area contributed by atoms with Crippen molar-refractivity contribution >= 4 is 28.9 Å². The Kier molecular flexibility index (Phi) is 6.95. The lowest BCUT2D eigenvalue weighted by Crippen LogP contribution is -2.37. The van der Waals surface area contributed by atoms with Gasteiger partial charge in [-0.25, -0.2) is 0 Å². The summed E-state index contributed by atoms with van der Waals surface area (Å²) in [5.41, 5.74) is 0. The van der Waals surface area contributed by atoms with E-state index in [1.807, 2.05) is 0 Å². The molecule has 128 valence electrons. The Morgan fingerprint density at radius 3 is 2.52 bits per heavy atom. The van der Waals surface area contributed by atoms with Crippen LogP contribution in [0.4, 0.5) is 0 Å². The van der Waals surface area contributed by atoms with Crippen LogP contribution in [0.2, 0.25) is 0 Å². The fraction of sp³-hybridized carbons (Fsp3) is 0.688. The van der Waals surface area contributed by atoms with Gasteiger partial charge in [0.05, 0.1) is 12.5 Å². The van der Waals surface area contributed by atoms with Gasteiger partial charge in [0.25, 0.3) is 0 Å². The van der Waals surface area contributed by atoms with Crippen molar-refractivity contribution in [1.29, 1.82) is 0 Å². The maximum Gasteiger partial charge on any atom is 0.317 e. The van der Waals surface area contributed by atoms with Crippen LogP contribution < -0.4 is 0 Å². The maximum absolute atomic E-state index is 11.4. The van der Waals surface area contributed by atoms with E-state index in [4.69, 9.17) is 10.1 Å². The Morgan fingerprint density at radius 1 is 1.22 bits per heavy atom. The standard InChI is InChI=1S/C16H24N2O4S/c19-14(20)11-13(15(21)22)23-16(18-9-5-2-6-10-18)17-12-7-3-1-4-8-12/h3,7,12-13H,1-2,4-6,8-11H2,(H,19,20)(H,21,22). The lowest BCUT2D eigenvalue weighted by molar-refractivity contribution is -0.142. The average Bonchev–Trinajstić information content (AvgIpc) is 2.54. The molecule has 7 heteroatoms. The molecule has 23 heavy (non-hydrogen) atoms. The quantitative estimate of drug-likeness (QED) is 0.454. The Bertz CT molecular complexity index is 486. The van der Waals surface area contributed by atoms with E-state index in [-0.39, 0.29) is 6.04 Å². The zero-order chi connectivity index (χ0) is 16.7. The van der Waals surface area contributed by atoms with Crippen LogP contribution >= 0.6 is 11.8 Å². The van der Waals surface area contributed by atoms with E-state index < -0.39 is 23.6 Å². The topological polar surface area (TPSA) is 90.2 Å². The van der Waals surface area contributed by atoms with Gasteiger partial charge in [-0.2, -0.15) is 0 Å². The number of carboxylic acids is 2. The largest absolute Gasteiger partial charge is 0.481 e. The molecule has 0 bridgehead atoms. The zero-order valence-electron chi connectivity index (χ0n) is 13.2. The molecule has 0 radical (unpaired) electrons. The first-order chi connectivity index (χ1) is 11.1. The minimum atomic E-state index is -1.10. The third-order valence-electron chi connectivity index (χ3n) is 4.01. The lowest BCUT2D eigenvalue weighted by Gasteiger charge is -2.31. The Labute approximate surface area is 140 Å². The highest BCUT2D eigenvalue weighted by Gasteiger charge is 2.27. The number of piperidine rings is 1. The summed E-state index contributed by atoms with van der Waals surface area (Å²) in [5.74, 6) is -2.19. The normalized spacial score (nSPS) is 23.6. The minimum absolute atomic E-state index is 0.0763. The van der Waals surface area contributed by atoms with Gasteiger partial charge in [-0.15, -0.1) is 0 Å². The highest BCUT2D eigenvalue weighted by molar-refractivity contribution is 8.14. The van der Waals surface area contributed by atoms with Gasteiger partial charge in [0.15, 0.2) is 5.17 Å². The monoisotopic (exact) mass is 340 g/mol. The second-order valence-corrected chi connectivity index (χ2v) is 7.10. The summed E-state index contributed by atoms with van der Waals surface area (Å²) in [6.45, 7) is 1.73. The Balaban J connectivity index is 2.15. The fourth-order valence-electron chi connectivity index (χ4n) is 2.78. The summed E-state index contributed by atoms with van der Waals surface area (Å²) in [7, 11) is 0. The average molecular weight is 340 g/mol. The van der Waals surface area contributed by atoms with Gasteiger partial charge >= 0.3 is 11.9 Å². The number of nitrogens with zero attached hydrogens (tertiary/aromatic N) is 2. The second kappa shape index (κ2) is 8.96. The molecule has 1 heterocycles. The lowest BCUT2D eigenvalue weighted by atomic mass is 10.0. The molecule has 0 spiro atoms. The highest BCUT2D eigenvalue weighted by atomic mass is 32.2. The van der Waals surface area contributed by atoms with Crippen molar-refractivity contribution in [2.75, 3.05) is 13.1 Å². The van der Waals surface area contributed by atoms with E-state index in [1.54, 1.807) is 0 Å². The van der Waals surface area contributed by atoms with E-state index in [9.17, 15) is 14.7 Å². The maximum atomic E-state index is 11.4. The third kappa shape index (κ3) is 5.89. The summed E-state index contributed by atoms with van der Waals surface area (Å²) in [5, 5.41) is 17.9. The summed E-state index contributed by atoms with van der Waals surface area (Å²) in [4.78, 5) is 29.2. The van der Waals surface area contributed by atoms with E-state index in [2.05, 4.69) is 17.1 Å². The first-order valence-corrected chi connectivity index (χ1v) is 9.05. The molecular weight excluding hydrogens is 316 g/mol. The molecule has 1 aliphatic heterocycles. The van der Waals surface area contributed by atoms with E-state index >= 15 is 0 Å². The molecule has 1 saturated heterocycles. The molecule has 2 unspecified atom stereocenters. The number of thioether (sulfide) groups is 1. The molecule has 0 aromatic carbocycles. The second-order valence-electron chi connectivity index (χ2n) is 5.93. The minimum Gasteiger partial charge on any atom is -0.481 e. The number of aliphatic imine (C=N–C) groups is 1. The molecule has 2 N–H and O–H groups in total. The first-order valence-electron chi connectivity index (χ1n) is 8.17. The van der Waals surface area contributed by atoms with Crippen LogP contribution in [0.5, 0.6) is 0 Å². The summed E-state index contributed by atoms with van der Waals surface area (Å²) < 4.78 is 0. The van der Waals surface area contributed by atoms with Gasteiger partial charge < -0.3 is 15.1 Å². The fourth-order valence-corrected chi connectivity index (χ4v) is 3.89. The van der Waals surface area contributed by atoms with E-state index in [0.717, 1.165) is 57.0 Å². The van der Waals surface area contributed by atoms with Crippen LogP contribution in [-0.4, -0.2) is 56.6 Å². The molecule has 1 fully saturated rings. The van der Waals surface area contributed by atoms with Crippen LogP contribution in [0.15, 0.2) is 17.1 Å². The van der Waals surface area contributed by atoms with Crippen LogP contribution in [0, 0.1) is 0 Å². The van der Waals surface area contributed by atoms with Crippen molar-refractivity contribution in [1.82, 2.24) is 4.90 Å². The van der Waals surface area contributed by atoms with Crippen molar-refractivity contribution in [2.24, 2.45) is 4.99 Å². The van der Waals surface area contributed by atoms with Gasteiger partial charge in [0.2, 0.25) is 0 Å². The molecule has 2 rings (SSSR count). The molecular formula is C16H24N2O4S. The number of aliphatic carboxylic acids is 2. The van der Waals surface area contributed by atoms with Crippen molar-refractivity contribution in [2.45, 2.75) is 56.2 Å². The third-order valence-corrected chi connectivity index (χ3v) is 5.24. The van der Waals surface area contributed by atoms with E-state index in [1.165, 1.54) is 6.42 Å². The molecule has 0 saturated carbocycles. The first kappa shape index (κ1) is 17.8. The van der Waals surface area contributed by atoms with Gasteiger partial charge in [-0.3, -0.25) is 14.6 Å². The number of hydrogen-bond donors (Lipinski definition) is 2. The number of rotatable bonds is 5. The number of amidine groups is 1. The predicted molar refractivity (Wildman–Crippen MR) is 90.9 cm³/mol. The summed E-state index contributed by atoms with van der Waals surface area (Å²) in [6, 6.07) is 0.0763. The molecule has 2 atom stereocenters. The van der Waals surface area contributed by atoms with Crippen LogP contribution in [0.25, 0.3) is 0 Å². The molecule has 0 aromatic heterocycles. The molecule has 2 aliphatic rings. The van der Waals surface area contributed by atoms with Gasteiger partial charge in [0, 0.05) is 13.1 Å². The number of allylic oxidation sites excluding steroid dienone is 1. The van der Waals surface area contributed by atoms with Gasteiger partial charge in [-0.1, -0.05) is 23.9 Å². The predicted octanol–water partition coefficient (Wildman–Crippen LogP) is 2.60. The van der Waals surface area contributed by atoms with Crippen LogP contribution in [0.3, 0.4) is 0 Å².